The fourth-order valence-electron chi connectivity index (χ4n) is 2.49. The van der Waals surface area contributed by atoms with E-state index in [0.29, 0.717) is 13.2 Å². The van der Waals surface area contributed by atoms with Crippen molar-refractivity contribution in [2.24, 2.45) is 0 Å². The van der Waals surface area contributed by atoms with Crippen LogP contribution in [0.15, 0.2) is 18.2 Å². The molecule has 0 spiro atoms. The zero-order valence-corrected chi connectivity index (χ0v) is 12.2. The number of fused-ring (bicyclic) bond motifs is 1. The molecule has 1 heterocycles. The molecule has 0 unspecified atom stereocenters. The first-order valence-corrected chi connectivity index (χ1v) is 7.44. The summed E-state index contributed by atoms with van der Waals surface area (Å²) in [4.78, 5) is 2.51. The van der Waals surface area contributed by atoms with Crippen LogP contribution in [0.1, 0.15) is 32.3 Å². The molecule has 0 saturated heterocycles. The predicted octanol–water partition coefficient (Wildman–Crippen LogP) is 3.12. The van der Waals surface area contributed by atoms with Crippen LogP contribution in [0.3, 0.4) is 0 Å². The molecule has 19 heavy (non-hydrogen) atoms. The Hall–Kier alpha value is -1.22. The minimum Gasteiger partial charge on any atom is -0.486 e. The first kappa shape index (κ1) is 14.2. The van der Waals surface area contributed by atoms with Crippen molar-refractivity contribution in [1.29, 1.82) is 0 Å². The third-order valence-corrected chi connectivity index (χ3v) is 3.53. The van der Waals surface area contributed by atoms with Gasteiger partial charge in [0.15, 0.2) is 11.5 Å². The molecule has 0 saturated carbocycles. The minimum atomic E-state index is 0.662. The van der Waals surface area contributed by atoms with Crippen LogP contribution >= 0.6 is 0 Å². The van der Waals surface area contributed by atoms with E-state index in [1.54, 1.807) is 0 Å². The van der Waals surface area contributed by atoms with Gasteiger partial charge < -0.3 is 14.4 Å². The number of ether oxygens (including phenoxy) is 2. The summed E-state index contributed by atoms with van der Waals surface area (Å²) in [5.41, 5.74) is 1.34. The molecule has 0 aromatic heterocycles. The Balaban J connectivity index is 1.82. The lowest BCUT2D eigenvalue weighted by atomic mass is 10.1. The number of benzene rings is 1. The molecule has 0 radical (unpaired) electrons. The van der Waals surface area contributed by atoms with Crippen LogP contribution in [0.2, 0.25) is 0 Å². The fraction of sp³-hybridized carbons (Fsp3) is 0.625. The van der Waals surface area contributed by atoms with Gasteiger partial charge in [0.1, 0.15) is 13.2 Å². The van der Waals surface area contributed by atoms with Crippen LogP contribution in [0, 0.1) is 0 Å². The van der Waals surface area contributed by atoms with Crippen LogP contribution in [0.5, 0.6) is 11.5 Å². The van der Waals surface area contributed by atoms with Crippen molar-refractivity contribution in [3.05, 3.63) is 23.8 Å². The van der Waals surface area contributed by atoms with Gasteiger partial charge in [-0.25, -0.2) is 0 Å². The van der Waals surface area contributed by atoms with Gasteiger partial charge >= 0.3 is 0 Å². The molecule has 3 heteroatoms. The summed E-state index contributed by atoms with van der Waals surface area (Å²) in [6, 6.07) is 6.32. The average Bonchev–Trinajstić information content (AvgIpc) is 2.46. The maximum Gasteiger partial charge on any atom is 0.161 e. The lowest BCUT2D eigenvalue weighted by Crippen LogP contribution is -2.25. The van der Waals surface area contributed by atoms with E-state index >= 15 is 0 Å². The Morgan fingerprint density at radius 2 is 1.84 bits per heavy atom. The molecule has 2 rings (SSSR count). The van der Waals surface area contributed by atoms with Crippen molar-refractivity contribution in [3.8, 4) is 11.5 Å². The van der Waals surface area contributed by atoms with E-state index in [2.05, 4.69) is 30.9 Å². The summed E-state index contributed by atoms with van der Waals surface area (Å²) >= 11 is 0. The van der Waals surface area contributed by atoms with E-state index in [1.165, 1.54) is 31.5 Å². The smallest absolute Gasteiger partial charge is 0.161 e. The van der Waals surface area contributed by atoms with Crippen molar-refractivity contribution < 1.29 is 9.47 Å². The summed E-state index contributed by atoms with van der Waals surface area (Å²) in [6.45, 7) is 9.33. The van der Waals surface area contributed by atoms with Crippen molar-refractivity contribution in [2.45, 2.75) is 33.1 Å². The summed E-state index contributed by atoms with van der Waals surface area (Å²) in [5.74, 6) is 1.79. The molecule has 0 atom stereocenters. The van der Waals surface area contributed by atoms with E-state index in [-0.39, 0.29) is 0 Å². The van der Waals surface area contributed by atoms with Crippen molar-refractivity contribution in [3.63, 3.8) is 0 Å². The Kier molecular flexibility index (Phi) is 5.52. The Morgan fingerprint density at radius 3 is 2.58 bits per heavy atom. The van der Waals surface area contributed by atoms with E-state index in [9.17, 15) is 0 Å². The number of hydrogen-bond donors (Lipinski definition) is 0. The van der Waals surface area contributed by atoms with Crippen LogP contribution < -0.4 is 9.47 Å². The van der Waals surface area contributed by atoms with Crippen LogP contribution in [0.4, 0.5) is 0 Å². The highest BCUT2D eigenvalue weighted by Gasteiger charge is 2.11. The van der Waals surface area contributed by atoms with E-state index in [4.69, 9.17) is 9.47 Å². The number of rotatable bonds is 7. The largest absolute Gasteiger partial charge is 0.486 e. The van der Waals surface area contributed by atoms with Crippen LogP contribution in [-0.2, 0) is 6.42 Å². The SMILES string of the molecule is CCCN(CC)CCCc1ccc2c(c1)OCCO2. The second-order valence-electron chi connectivity index (χ2n) is 5.02. The highest BCUT2D eigenvalue weighted by atomic mass is 16.6. The fourth-order valence-corrected chi connectivity index (χ4v) is 2.49. The summed E-state index contributed by atoms with van der Waals surface area (Å²) < 4.78 is 11.2. The molecule has 0 fully saturated rings. The predicted molar refractivity (Wildman–Crippen MR) is 78.2 cm³/mol. The second-order valence-corrected chi connectivity index (χ2v) is 5.02. The maximum absolute atomic E-state index is 5.62. The second kappa shape index (κ2) is 7.39. The number of aryl methyl sites for hydroxylation is 1. The van der Waals surface area contributed by atoms with Crippen LogP contribution in [0.25, 0.3) is 0 Å². The van der Waals surface area contributed by atoms with E-state index in [1.807, 2.05) is 6.07 Å². The molecule has 0 aliphatic carbocycles. The molecule has 3 nitrogen and oxygen atoms in total. The summed E-state index contributed by atoms with van der Waals surface area (Å²) in [7, 11) is 0. The van der Waals surface area contributed by atoms with E-state index < -0.39 is 0 Å². The molecule has 0 amide bonds. The summed E-state index contributed by atoms with van der Waals surface area (Å²) in [5, 5.41) is 0. The van der Waals surface area contributed by atoms with E-state index in [0.717, 1.165) is 24.5 Å². The van der Waals surface area contributed by atoms with Gasteiger partial charge in [0.2, 0.25) is 0 Å². The average molecular weight is 263 g/mol. The van der Waals surface area contributed by atoms with Gasteiger partial charge in [-0.3, -0.25) is 0 Å². The number of hydrogen-bond acceptors (Lipinski definition) is 3. The molecule has 1 aromatic carbocycles. The van der Waals surface area contributed by atoms with Crippen molar-refractivity contribution in [1.82, 2.24) is 4.90 Å². The lowest BCUT2D eigenvalue weighted by Gasteiger charge is -2.20. The Bertz CT molecular complexity index is 392. The molecule has 1 aromatic rings. The topological polar surface area (TPSA) is 21.7 Å². The van der Waals surface area contributed by atoms with Gasteiger partial charge in [0.25, 0.3) is 0 Å². The monoisotopic (exact) mass is 263 g/mol. The zero-order chi connectivity index (χ0) is 13.5. The van der Waals surface area contributed by atoms with Gasteiger partial charge in [0.05, 0.1) is 0 Å². The van der Waals surface area contributed by atoms with Gasteiger partial charge in [-0.2, -0.15) is 0 Å². The van der Waals surface area contributed by atoms with Crippen LogP contribution in [-0.4, -0.2) is 37.7 Å². The molecular formula is C16H25NO2. The zero-order valence-electron chi connectivity index (χ0n) is 12.2. The highest BCUT2D eigenvalue weighted by Crippen LogP contribution is 2.31. The summed E-state index contributed by atoms with van der Waals surface area (Å²) in [6.07, 6.45) is 3.54. The molecular weight excluding hydrogens is 238 g/mol. The van der Waals surface area contributed by atoms with Crippen molar-refractivity contribution >= 4 is 0 Å². The van der Waals surface area contributed by atoms with Gasteiger partial charge in [-0.05, 0) is 56.6 Å². The normalized spacial score (nSPS) is 13.8. The third-order valence-electron chi connectivity index (χ3n) is 3.53. The van der Waals surface area contributed by atoms with Gasteiger partial charge in [0, 0.05) is 0 Å². The standard InChI is InChI=1S/C16H25NO2/c1-3-9-17(4-2)10-5-6-14-7-8-15-16(13-14)19-12-11-18-15/h7-8,13H,3-6,9-12H2,1-2H3. The minimum absolute atomic E-state index is 0.662. The number of nitrogens with zero attached hydrogens (tertiary/aromatic N) is 1. The highest BCUT2D eigenvalue weighted by molar-refractivity contribution is 5.43. The quantitative estimate of drug-likeness (QED) is 0.754. The molecule has 0 N–H and O–H groups in total. The Morgan fingerprint density at radius 1 is 1.05 bits per heavy atom. The molecule has 1 aliphatic heterocycles. The third kappa shape index (κ3) is 4.13. The maximum atomic E-state index is 5.62. The van der Waals surface area contributed by atoms with Crippen molar-refractivity contribution in [2.75, 3.05) is 32.8 Å². The lowest BCUT2D eigenvalue weighted by molar-refractivity contribution is 0.171. The van der Waals surface area contributed by atoms with Gasteiger partial charge in [-0.15, -0.1) is 0 Å². The molecule has 1 aliphatic rings. The molecule has 0 bridgehead atoms. The Labute approximate surface area is 116 Å². The first-order valence-electron chi connectivity index (χ1n) is 7.44. The first-order chi connectivity index (χ1) is 9.33. The van der Waals surface area contributed by atoms with Gasteiger partial charge in [-0.1, -0.05) is 19.9 Å². The molecule has 106 valence electrons.